The van der Waals surface area contributed by atoms with Crippen molar-refractivity contribution >= 4 is 5.97 Å². The number of hydrogen-bond donors (Lipinski definition) is 4. The molecule has 4 N–H and O–H groups in total. The van der Waals surface area contributed by atoms with Crippen molar-refractivity contribution < 1.29 is 59.9 Å². The molecule has 4 atom stereocenters. The van der Waals surface area contributed by atoms with Gasteiger partial charge in [-0.15, -0.1) is 0 Å². The molecule has 0 unspecified atom stereocenters. The first-order valence-corrected chi connectivity index (χ1v) is 6.56. The van der Waals surface area contributed by atoms with Gasteiger partial charge in [-0.05, 0) is 25.8 Å². The number of carbonyl (C=O) groups is 1. The Hall–Kier alpha value is 0.270. The van der Waals surface area contributed by atoms with Crippen LogP contribution in [0.4, 0.5) is 0 Å². The van der Waals surface area contributed by atoms with E-state index in [-0.39, 0.29) is 49.1 Å². The van der Waals surface area contributed by atoms with Crippen LogP contribution in [0, 0.1) is 0 Å². The van der Waals surface area contributed by atoms with Gasteiger partial charge in [-0.25, -0.2) is 0 Å². The molecule has 1 saturated heterocycles. The number of carboxylic acids is 1. The Morgan fingerprint density at radius 3 is 2.35 bits per heavy atom. The van der Waals surface area contributed by atoms with Gasteiger partial charge in [0, 0.05) is 12.5 Å². The van der Waals surface area contributed by atoms with Crippen molar-refractivity contribution in [3.8, 4) is 0 Å². The van der Waals surface area contributed by atoms with E-state index < -0.39 is 30.3 Å². The average molecular weight is 299 g/mol. The van der Waals surface area contributed by atoms with E-state index in [0.717, 1.165) is 0 Å². The average Bonchev–Trinajstić information content (AvgIpc) is 2.35. The summed E-state index contributed by atoms with van der Waals surface area (Å²) < 4.78 is 0. The number of aliphatic hydroxyl groups excluding tert-OH is 4. The van der Waals surface area contributed by atoms with Crippen molar-refractivity contribution in [2.75, 3.05) is 19.7 Å². The molecule has 7 nitrogen and oxygen atoms in total. The predicted octanol–water partition coefficient (Wildman–Crippen LogP) is -5.94. The summed E-state index contributed by atoms with van der Waals surface area (Å²) in [6.45, 7) is 0.410. The van der Waals surface area contributed by atoms with Crippen LogP contribution in [-0.4, -0.2) is 75.3 Å². The van der Waals surface area contributed by atoms with Crippen LogP contribution in [0.15, 0.2) is 0 Å². The van der Waals surface area contributed by atoms with Gasteiger partial charge in [0.2, 0.25) is 0 Å². The second-order valence-electron chi connectivity index (χ2n) is 4.98. The number of aliphatic hydroxyl groups is 4. The Kier molecular flexibility index (Phi) is 10.2. The van der Waals surface area contributed by atoms with Crippen molar-refractivity contribution in [2.45, 2.75) is 50.0 Å². The van der Waals surface area contributed by atoms with Gasteiger partial charge in [0.05, 0.1) is 18.8 Å². The zero-order valence-corrected chi connectivity index (χ0v) is 13.8. The molecule has 0 bridgehead atoms. The van der Waals surface area contributed by atoms with Crippen LogP contribution in [0.5, 0.6) is 0 Å². The third-order valence-electron chi connectivity index (χ3n) is 3.54. The van der Waals surface area contributed by atoms with Crippen LogP contribution >= 0.6 is 0 Å². The molecule has 1 aliphatic rings. The first-order valence-electron chi connectivity index (χ1n) is 6.56. The van der Waals surface area contributed by atoms with Crippen LogP contribution in [0.3, 0.4) is 0 Å². The molecule has 0 radical (unpaired) electrons. The molecule has 0 aromatic carbocycles. The van der Waals surface area contributed by atoms with Crippen molar-refractivity contribution in [1.82, 2.24) is 4.90 Å². The topological polar surface area (TPSA) is 124 Å². The summed E-state index contributed by atoms with van der Waals surface area (Å²) >= 11 is 0. The Morgan fingerprint density at radius 1 is 1.15 bits per heavy atom. The SMILES string of the molecule is O=C([O-])CCCCCN1C[C@H](O)[C@@H](O)[C@@H](O)[C@H]1CO.[Na+]. The number of piperidine rings is 1. The molecule has 1 aliphatic heterocycles. The monoisotopic (exact) mass is 299 g/mol. The van der Waals surface area contributed by atoms with E-state index in [2.05, 4.69) is 0 Å². The van der Waals surface area contributed by atoms with Crippen molar-refractivity contribution in [1.29, 1.82) is 0 Å². The van der Waals surface area contributed by atoms with E-state index in [9.17, 15) is 30.3 Å². The van der Waals surface area contributed by atoms with Crippen molar-refractivity contribution in [3.63, 3.8) is 0 Å². The molecule has 20 heavy (non-hydrogen) atoms. The van der Waals surface area contributed by atoms with Crippen LogP contribution < -0.4 is 34.7 Å². The van der Waals surface area contributed by atoms with Gasteiger partial charge < -0.3 is 30.3 Å². The van der Waals surface area contributed by atoms with E-state index in [1.54, 1.807) is 4.90 Å². The van der Waals surface area contributed by atoms with Gasteiger partial charge in [0.1, 0.15) is 12.2 Å². The van der Waals surface area contributed by atoms with Gasteiger partial charge in [0.25, 0.3) is 0 Å². The molecule has 112 valence electrons. The summed E-state index contributed by atoms with van der Waals surface area (Å²) in [6, 6.07) is -0.598. The first kappa shape index (κ1) is 20.3. The second kappa shape index (κ2) is 10.1. The number of aliphatic carboxylic acids is 1. The largest absolute Gasteiger partial charge is 1.00 e. The number of likely N-dealkylation sites (tertiary alicyclic amines) is 1. The summed E-state index contributed by atoms with van der Waals surface area (Å²) in [5.41, 5.74) is 0. The Balaban J connectivity index is 0.00000361. The molecule has 0 aromatic rings. The molecule has 0 aromatic heterocycles. The van der Waals surface area contributed by atoms with Gasteiger partial charge >= 0.3 is 29.6 Å². The number of carbonyl (C=O) groups excluding carboxylic acids is 1. The number of β-amino-alcohol motifs (C(OH)–C–C–N with tert-alkyl or cyclic N) is 1. The van der Waals surface area contributed by atoms with E-state index in [1.807, 2.05) is 0 Å². The minimum absolute atomic E-state index is 0. The van der Waals surface area contributed by atoms with Gasteiger partial charge in [-0.3, -0.25) is 4.90 Å². The zero-order chi connectivity index (χ0) is 14.4. The van der Waals surface area contributed by atoms with E-state index >= 15 is 0 Å². The van der Waals surface area contributed by atoms with Crippen molar-refractivity contribution in [3.05, 3.63) is 0 Å². The Bertz CT molecular complexity index is 293. The van der Waals surface area contributed by atoms with Crippen LogP contribution in [0.25, 0.3) is 0 Å². The third-order valence-corrected chi connectivity index (χ3v) is 3.54. The minimum Gasteiger partial charge on any atom is -0.550 e. The van der Waals surface area contributed by atoms with E-state index in [0.29, 0.717) is 25.8 Å². The van der Waals surface area contributed by atoms with E-state index in [1.165, 1.54) is 0 Å². The molecule has 1 fully saturated rings. The number of rotatable bonds is 7. The predicted molar refractivity (Wildman–Crippen MR) is 63.9 cm³/mol. The maximum atomic E-state index is 10.2. The summed E-state index contributed by atoms with van der Waals surface area (Å²) in [7, 11) is 0. The summed E-state index contributed by atoms with van der Waals surface area (Å²) in [6.07, 6.45) is -1.54. The zero-order valence-electron chi connectivity index (χ0n) is 11.8. The quantitative estimate of drug-likeness (QED) is 0.272. The molecular formula is C12H22NNaO6. The fourth-order valence-electron chi connectivity index (χ4n) is 2.40. The standard InChI is InChI=1S/C12H23NO6.Na/c14-7-8-11(18)12(19)9(15)6-13(8)5-3-1-2-4-10(16)17;/h8-9,11-12,14-15,18-19H,1-7H2,(H,16,17);/q;+1/p-1/t8-,9+,11+,12-;/m1./s1. The number of hydrogen-bond acceptors (Lipinski definition) is 7. The molecule has 0 aliphatic carbocycles. The molecular weight excluding hydrogens is 277 g/mol. The second-order valence-corrected chi connectivity index (χ2v) is 4.98. The molecule has 1 rings (SSSR count). The van der Waals surface area contributed by atoms with E-state index in [4.69, 9.17) is 0 Å². The summed E-state index contributed by atoms with van der Waals surface area (Å²) in [4.78, 5) is 12.0. The summed E-state index contributed by atoms with van der Waals surface area (Å²) in [5.74, 6) is -1.07. The minimum atomic E-state index is -1.24. The van der Waals surface area contributed by atoms with Gasteiger partial charge in [0.15, 0.2) is 0 Å². The first-order chi connectivity index (χ1) is 8.97. The molecule has 0 spiro atoms. The molecule has 1 heterocycles. The van der Waals surface area contributed by atoms with Crippen LogP contribution in [-0.2, 0) is 4.79 Å². The smallest absolute Gasteiger partial charge is 0.550 e. The maximum Gasteiger partial charge on any atom is 1.00 e. The Labute approximate surface area is 140 Å². The molecule has 0 amide bonds. The van der Waals surface area contributed by atoms with Crippen LogP contribution in [0.1, 0.15) is 25.7 Å². The normalized spacial score (nSPS) is 30.8. The fourth-order valence-corrected chi connectivity index (χ4v) is 2.40. The molecule has 8 heteroatoms. The maximum absolute atomic E-state index is 10.2. The number of carboxylic acid groups (broad SMARTS) is 1. The van der Waals surface area contributed by atoms with Crippen molar-refractivity contribution in [2.24, 2.45) is 0 Å². The summed E-state index contributed by atoms with van der Waals surface area (Å²) in [5, 5.41) is 48.3. The van der Waals surface area contributed by atoms with Gasteiger partial charge in [-0.1, -0.05) is 6.42 Å². The fraction of sp³-hybridized carbons (Fsp3) is 0.917. The Morgan fingerprint density at radius 2 is 1.80 bits per heavy atom. The number of nitrogens with zero attached hydrogens (tertiary/aromatic N) is 1. The third kappa shape index (κ3) is 5.95. The number of unbranched alkanes of at least 4 members (excludes halogenated alkanes) is 2. The van der Waals surface area contributed by atoms with Gasteiger partial charge in [-0.2, -0.15) is 0 Å². The molecule has 0 saturated carbocycles. The van der Waals surface area contributed by atoms with Crippen LogP contribution in [0.2, 0.25) is 0 Å².